The zero-order valence-electron chi connectivity index (χ0n) is 8.25. The van der Waals surface area contributed by atoms with Gasteiger partial charge in [0.05, 0.1) is 10.0 Å². The van der Waals surface area contributed by atoms with Gasteiger partial charge in [-0.25, -0.2) is 4.39 Å². The van der Waals surface area contributed by atoms with E-state index in [-0.39, 0.29) is 10.0 Å². The van der Waals surface area contributed by atoms with Gasteiger partial charge >= 0.3 is 0 Å². The number of methoxy groups -OCH3 is 2. The van der Waals surface area contributed by atoms with E-state index < -0.39 is 12.1 Å². The Balaban J connectivity index is 3.22. The van der Waals surface area contributed by atoms with Gasteiger partial charge in [0.15, 0.2) is 12.1 Å². The largest absolute Gasteiger partial charge is 0.352 e. The quantitative estimate of drug-likeness (QED) is 0.796. The highest BCUT2D eigenvalue weighted by molar-refractivity contribution is 9.10. The molecule has 0 aliphatic heterocycles. The summed E-state index contributed by atoms with van der Waals surface area (Å²) in [6, 6.07) is 4.69. The van der Waals surface area contributed by atoms with E-state index in [0.29, 0.717) is 5.56 Å². The van der Waals surface area contributed by atoms with Gasteiger partial charge in [-0.2, -0.15) is 5.26 Å². The molecule has 1 aromatic carbocycles. The number of nitrogens with zero attached hydrogens (tertiary/aromatic N) is 1. The third kappa shape index (κ3) is 2.53. The molecule has 0 unspecified atom stereocenters. The molecule has 0 bridgehead atoms. The maximum atomic E-state index is 13.3. The fourth-order valence-electron chi connectivity index (χ4n) is 1.20. The number of hydrogen-bond acceptors (Lipinski definition) is 3. The first-order chi connectivity index (χ1) is 7.13. The van der Waals surface area contributed by atoms with Crippen LogP contribution in [-0.2, 0) is 9.47 Å². The van der Waals surface area contributed by atoms with Crippen molar-refractivity contribution in [3.63, 3.8) is 0 Å². The van der Waals surface area contributed by atoms with Gasteiger partial charge in [0, 0.05) is 19.8 Å². The number of halogens is 2. The average molecular weight is 274 g/mol. The molecule has 0 aliphatic carbocycles. The molecule has 0 aromatic heterocycles. The number of ether oxygens (including phenoxy) is 2. The lowest BCUT2D eigenvalue weighted by molar-refractivity contribution is -0.106. The summed E-state index contributed by atoms with van der Waals surface area (Å²) in [5.41, 5.74) is 0.545. The summed E-state index contributed by atoms with van der Waals surface area (Å²) in [7, 11) is 2.94. The van der Waals surface area contributed by atoms with Crippen LogP contribution >= 0.6 is 15.9 Å². The van der Waals surface area contributed by atoms with Crippen LogP contribution in [0.4, 0.5) is 4.39 Å². The lowest BCUT2D eigenvalue weighted by atomic mass is 10.1. The maximum absolute atomic E-state index is 13.3. The van der Waals surface area contributed by atoms with Gasteiger partial charge < -0.3 is 9.47 Å². The standard InChI is InChI=1S/C10H9BrFNO2/c1-14-10(15-2)6-3-7(5-13)9(12)8(11)4-6/h3-4,10H,1-2H3. The number of rotatable bonds is 3. The van der Waals surface area contributed by atoms with Gasteiger partial charge in [0.2, 0.25) is 0 Å². The third-order valence-electron chi connectivity index (χ3n) is 1.87. The summed E-state index contributed by atoms with van der Waals surface area (Å²) >= 11 is 3.03. The van der Waals surface area contributed by atoms with Crippen LogP contribution in [0.25, 0.3) is 0 Å². The molecule has 0 fully saturated rings. The molecule has 0 aliphatic rings. The van der Waals surface area contributed by atoms with E-state index >= 15 is 0 Å². The van der Waals surface area contributed by atoms with E-state index in [1.54, 1.807) is 6.07 Å². The molecule has 3 nitrogen and oxygen atoms in total. The molecule has 0 saturated carbocycles. The highest BCUT2D eigenvalue weighted by atomic mass is 79.9. The second kappa shape index (κ2) is 5.21. The van der Waals surface area contributed by atoms with Gasteiger partial charge in [-0.15, -0.1) is 0 Å². The lowest BCUT2D eigenvalue weighted by Crippen LogP contribution is -2.04. The van der Waals surface area contributed by atoms with E-state index in [2.05, 4.69) is 15.9 Å². The van der Waals surface area contributed by atoms with Gasteiger partial charge in [-0.05, 0) is 28.1 Å². The molecule has 15 heavy (non-hydrogen) atoms. The van der Waals surface area contributed by atoms with Crippen LogP contribution in [0.3, 0.4) is 0 Å². The highest BCUT2D eigenvalue weighted by Crippen LogP contribution is 2.26. The van der Waals surface area contributed by atoms with Crippen molar-refractivity contribution >= 4 is 15.9 Å². The number of hydrogen-bond donors (Lipinski definition) is 0. The van der Waals surface area contributed by atoms with Gasteiger partial charge in [-0.1, -0.05) is 0 Å². The summed E-state index contributed by atoms with van der Waals surface area (Å²) in [6.07, 6.45) is -0.603. The molecule has 0 amide bonds. The molecular weight excluding hydrogens is 265 g/mol. The van der Waals surface area contributed by atoms with Crippen molar-refractivity contribution in [2.45, 2.75) is 6.29 Å². The molecule has 0 atom stereocenters. The van der Waals surface area contributed by atoms with Crippen LogP contribution < -0.4 is 0 Å². The second-order valence-corrected chi connectivity index (χ2v) is 3.63. The van der Waals surface area contributed by atoms with Gasteiger partial charge in [-0.3, -0.25) is 0 Å². The van der Waals surface area contributed by atoms with Crippen molar-refractivity contribution in [3.8, 4) is 6.07 Å². The van der Waals surface area contributed by atoms with Crippen LogP contribution in [0.1, 0.15) is 17.4 Å². The average Bonchev–Trinajstić information content (AvgIpc) is 2.24. The molecule has 1 aromatic rings. The Morgan fingerprint density at radius 2 is 2.00 bits per heavy atom. The SMILES string of the molecule is COC(OC)c1cc(Br)c(F)c(C#N)c1. The van der Waals surface area contributed by atoms with Crippen molar-refractivity contribution < 1.29 is 13.9 Å². The predicted octanol–water partition coefficient (Wildman–Crippen LogP) is 2.75. The van der Waals surface area contributed by atoms with Crippen molar-refractivity contribution in [1.29, 1.82) is 5.26 Å². The van der Waals surface area contributed by atoms with Gasteiger partial charge in [0.25, 0.3) is 0 Å². The fraction of sp³-hybridized carbons (Fsp3) is 0.300. The third-order valence-corrected chi connectivity index (χ3v) is 2.45. The monoisotopic (exact) mass is 273 g/mol. The Bertz CT molecular complexity index is 399. The molecule has 0 spiro atoms. The Labute approximate surface area is 95.5 Å². The first kappa shape index (κ1) is 12.1. The summed E-state index contributed by atoms with van der Waals surface area (Å²) in [5.74, 6) is -0.577. The van der Waals surface area contributed by atoms with E-state index in [1.165, 1.54) is 26.4 Å². The van der Waals surface area contributed by atoms with Crippen LogP contribution in [0, 0.1) is 17.1 Å². The number of nitriles is 1. The minimum absolute atomic E-state index is 0.0431. The summed E-state index contributed by atoms with van der Waals surface area (Å²) < 4.78 is 23.5. The first-order valence-corrected chi connectivity index (χ1v) is 4.88. The van der Waals surface area contributed by atoms with E-state index in [1.807, 2.05) is 0 Å². The van der Waals surface area contributed by atoms with Crippen LogP contribution in [0.5, 0.6) is 0 Å². The van der Waals surface area contributed by atoms with Crippen molar-refractivity contribution in [3.05, 3.63) is 33.5 Å². The topological polar surface area (TPSA) is 42.2 Å². The Morgan fingerprint density at radius 3 is 2.47 bits per heavy atom. The number of benzene rings is 1. The van der Waals surface area contributed by atoms with Crippen LogP contribution in [0.2, 0.25) is 0 Å². The lowest BCUT2D eigenvalue weighted by Gasteiger charge is -2.14. The molecule has 0 N–H and O–H groups in total. The summed E-state index contributed by atoms with van der Waals surface area (Å²) in [4.78, 5) is 0. The normalized spacial score (nSPS) is 10.4. The molecular formula is C10H9BrFNO2. The van der Waals surface area contributed by atoms with Crippen molar-refractivity contribution in [2.24, 2.45) is 0 Å². The minimum atomic E-state index is -0.603. The summed E-state index contributed by atoms with van der Waals surface area (Å²) in [5, 5.41) is 8.70. The van der Waals surface area contributed by atoms with Crippen molar-refractivity contribution in [2.75, 3.05) is 14.2 Å². The smallest absolute Gasteiger partial charge is 0.183 e. The zero-order chi connectivity index (χ0) is 11.4. The second-order valence-electron chi connectivity index (χ2n) is 2.78. The fourth-order valence-corrected chi connectivity index (χ4v) is 1.67. The van der Waals surface area contributed by atoms with Crippen molar-refractivity contribution in [1.82, 2.24) is 0 Å². The molecule has 80 valence electrons. The van der Waals surface area contributed by atoms with E-state index in [0.717, 1.165) is 0 Å². The Kier molecular flexibility index (Phi) is 4.21. The summed E-state index contributed by atoms with van der Waals surface area (Å²) in [6.45, 7) is 0. The molecule has 1 rings (SSSR count). The molecule has 5 heteroatoms. The molecule has 0 radical (unpaired) electrons. The molecule has 0 saturated heterocycles. The van der Waals surface area contributed by atoms with Crippen LogP contribution in [0.15, 0.2) is 16.6 Å². The zero-order valence-corrected chi connectivity index (χ0v) is 9.84. The Morgan fingerprint density at radius 1 is 1.40 bits per heavy atom. The Hall–Kier alpha value is -0.960. The predicted molar refractivity (Wildman–Crippen MR) is 55.6 cm³/mol. The van der Waals surface area contributed by atoms with E-state index in [9.17, 15) is 4.39 Å². The van der Waals surface area contributed by atoms with E-state index in [4.69, 9.17) is 14.7 Å². The maximum Gasteiger partial charge on any atom is 0.183 e. The minimum Gasteiger partial charge on any atom is -0.352 e. The van der Waals surface area contributed by atoms with Gasteiger partial charge in [0.1, 0.15) is 6.07 Å². The first-order valence-electron chi connectivity index (χ1n) is 4.08. The molecule has 0 heterocycles. The highest BCUT2D eigenvalue weighted by Gasteiger charge is 2.14. The van der Waals surface area contributed by atoms with Crippen LogP contribution in [-0.4, -0.2) is 14.2 Å².